The van der Waals surface area contributed by atoms with E-state index in [1.807, 2.05) is 24.3 Å². The molecule has 0 radical (unpaired) electrons. The fourth-order valence-corrected chi connectivity index (χ4v) is 3.86. The Bertz CT molecular complexity index is 1080. The van der Waals surface area contributed by atoms with Crippen LogP contribution >= 0.6 is 23.2 Å². The lowest BCUT2D eigenvalue weighted by atomic mass is 10.1. The number of halogens is 3. The molecule has 0 bridgehead atoms. The molecule has 1 aliphatic heterocycles. The predicted molar refractivity (Wildman–Crippen MR) is 107 cm³/mol. The Hall–Kier alpha value is -2.57. The molecule has 4 rings (SSSR count). The van der Waals surface area contributed by atoms with Gasteiger partial charge in [-0.05, 0) is 30.7 Å². The Labute approximate surface area is 170 Å². The molecule has 5 nitrogen and oxygen atoms in total. The van der Waals surface area contributed by atoms with Crippen LogP contribution in [0.2, 0.25) is 10.0 Å². The summed E-state index contributed by atoms with van der Waals surface area (Å²) in [6, 6.07) is 11.4. The van der Waals surface area contributed by atoms with Crippen molar-refractivity contribution in [2.75, 3.05) is 18.4 Å². The van der Waals surface area contributed by atoms with Crippen molar-refractivity contribution in [3.05, 3.63) is 64.0 Å². The van der Waals surface area contributed by atoms with Crippen LogP contribution in [-0.2, 0) is 4.79 Å². The standard InChI is InChI=1S/C20H16Cl2FN3O2/c21-14-9-12(5-6-15(14)23)24-19(27)11-7-8-26(10-11)20(28)18-17(22)13-3-1-2-4-16(13)25-18/h1-6,9,11,25H,7-8,10H2,(H,24,27)/t11-/m0/s1. The minimum atomic E-state index is -0.549. The van der Waals surface area contributed by atoms with Crippen molar-refractivity contribution in [3.63, 3.8) is 0 Å². The van der Waals surface area contributed by atoms with E-state index in [2.05, 4.69) is 10.3 Å². The van der Waals surface area contributed by atoms with Gasteiger partial charge < -0.3 is 15.2 Å². The van der Waals surface area contributed by atoms with E-state index < -0.39 is 5.82 Å². The van der Waals surface area contributed by atoms with Gasteiger partial charge in [0.25, 0.3) is 5.91 Å². The summed E-state index contributed by atoms with van der Waals surface area (Å²) in [6.45, 7) is 0.734. The molecule has 2 N–H and O–H groups in total. The molecular weight excluding hydrogens is 404 g/mol. The second-order valence-corrected chi connectivity index (χ2v) is 7.50. The lowest BCUT2D eigenvalue weighted by Crippen LogP contribution is -2.31. The van der Waals surface area contributed by atoms with Crippen LogP contribution in [0.5, 0.6) is 0 Å². The molecule has 1 atom stereocenters. The number of aromatic amines is 1. The molecule has 2 aromatic carbocycles. The van der Waals surface area contributed by atoms with Crippen molar-refractivity contribution in [1.29, 1.82) is 0 Å². The number of para-hydroxylation sites is 1. The second kappa shape index (κ2) is 7.45. The predicted octanol–water partition coefficient (Wildman–Crippen LogP) is 4.71. The molecule has 8 heteroatoms. The molecule has 1 saturated heterocycles. The van der Waals surface area contributed by atoms with Gasteiger partial charge in [-0.3, -0.25) is 9.59 Å². The summed E-state index contributed by atoms with van der Waals surface area (Å²) in [6.07, 6.45) is 0.532. The highest BCUT2D eigenvalue weighted by Crippen LogP contribution is 2.30. The van der Waals surface area contributed by atoms with E-state index in [1.165, 1.54) is 18.2 Å². The first-order valence-electron chi connectivity index (χ1n) is 8.75. The average molecular weight is 420 g/mol. The van der Waals surface area contributed by atoms with Crippen LogP contribution in [0.1, 0.15) is 16.9 Å². The molecule has 0 aliphatic carbocycles. The first-order chi connectivity index (χ1) is 13.4. The van der Waals surface area contributed by atoms with Gasteiger partial charge in [-0.25, -0.2) is 4.39 Å². The number of rotatable bonds is 3. The molecule has 1 aliphatic rings. The number of nitrogens with zero attached hydrogens (tertiary/aromatic N) is 1. The van der Waals surface area contributed by atoms with Crippen LogP contribution in [0.15, 0.2) is 42.5 Å². The van der Waals surface area contributed by atoms with Gasteiger partial charge in [0.05, 0.1) is 16.0 Å². The summed E-state index contributed by atoms with van der Waals surface area (Å²) in [7, 11) is 0. The van der Waals surface area contributed by atoms with E-state index >= 15 is 0 Å². The van der Waals surface area contributed by atoms with Crippen molar-refractivity contribution >= 4 is 51.6 Å². The van der Waals surface area contributed by atoms with Crippen LogP contribution in [0, 0.1) is 11.7 Å². The maximum absolute atomic E-state index is 13.2. The number of aromatic nitrogens is 1. The molecule has 1 aromatic heterocycles. The van der Waals surface area contributed by atoms with Crippen LogP contribution in [0.25, 0.3) is 10.9 Å². The minimum Gasteiger partial charge on any atom is -0.349 e. The Morgan fingerprint density at radius 1 is 1.18 bits per heavy atom. The molecule has 0 spiro atoms. The average Bonchev–Trinajstić information content (AvgIpc) is 3.30. The zero-order valence-corrected chi connectivity index (χ0v) is 16.1. The third kappa shape index (κ3) is 3.45. The molecular formula is C20H16Cl2FN3O2. The number of H-pyrrole nitrogens is 1. The van der Waals surface area contributed by atoms with Gasteiger partial charge in [0.15, 0.2) is 0 Å². The third-order valence-corrected chi connectivity index (χ3v) is 5.57. The van der Waals surface area contributed by atoms with E-state index in [0.29, 0.717) is 29.4 Å². The lowest BCUT2D eigenvalue weighted by Gasteiger charge is -2.16. The molecule has 2 heterocycles. The molecule has 28 heavy (non-hydrogen) atoms. The van der Waals surface area contributed by atoms with E-state index in [9.17, 15) is 14.0 Å². The minimum absolute atomic E-state index is 0.0607. The number of hydrogen-bond donors (Lipinski definition) is 2. The van der Waals surface area contributed by atoms with Crippen LogP contribution in [0.4, 0.5) is 10.1 Å². The normalized spacial score (nSPS) is 16.5. The van der Waals surface area contributed by atoms with Crippen LogP contribution in [0.3, 0.4) is 0 Å². The fraction of sp³-hybridized carbons (Fsp3) is 0.200. The molecule has 0 unspecified atom stereocenters. The summed E-state index contributed by atoms with van der Waals surface area (Å²) >= 11 is 12.1. The molecule has 144 valence electrons. The zero-order chi connectivity index (χ0) is 19.8. The van der Waals surface area contributed by atoms with Crippen LogP contribution < -0.4 is 5.32 Å². The molecule has 2 amide bonds. The van der Waals surface area contributed by atoms with Crippen molar-refractivity contribution in [3.8, 4) is 0 Å². The maximum Gasteiger partial charge on any atom is 0.271 e. The van der Waals surface area contributed by atoms with Crippen LogP contribution in [-0.4, -0.2) is 34.8 Å². The SMILES string of the molecule is O=C(Nc1ccc(F)c(Cl)c1)[C@H]1CCN(C(=O)c2[nH]c3ccccc3c2Cl)C1. The van der Waals surface area contributed by atoms with Gasteiger partial charge in [-0.1, -0.05) is 41.4 Å². The number of hydrogen-bond acceptors (Lipinski definition) is 2. The van der Waals surface area contributed by atoms with E-state index in [4.69, 9.17) is 23.2 Å². The van der Waals surface area contributed by atoms with Gasteiger partial charge in [0.1, 0.15) is 11.5 Å². The number of likely N-dealkylation sites (tertiary alicyclic amines) is 1. The maximum atomic E-state index is 13.2. The third-order valence-electron chi connectivity index (χ3n) is 4.89. The van der Waals surface area contributed by atoms with E-state index in [-0.39, 0.29) is 29.3 Å². The van der Waals surface area contributed by atoms with Gasteiger partial charge in [-0.2, -0.15) is 0 Å². The highest BCUT2D eigenvalue weighted by Gasteiger charge is 2.33. The van der Waals surface area contributed by atoms with Gasteiger partial charge in [0.2, 0.25) is 5.91 Å². The van der Waals surface area contributed by atoms with Gasteiger partial charge in [-0.15, -0.1) is 0 Å². The Morgan fingerprint density at radius 3 is 2.71 bits per heavy atom. The topological polar surface area (TPSA) is 65.2 Å². The Kier molecular flexibility index (Phi) is 5.00. The van der Waals surface area contributed by atoms with E-state index in [1.54, 1.807) is 4.90 Å². The summed E-state index contributed by atoms with van der Waals surface area (Å²) in [5.74, 6) is -1.38. The number of anilines is 1. The highest BCUT2D eigenvalue weighted by atomic mass is 35.5. The largest absolute Gasteiger partial charge is 0.349 e. The molecule has 1 fully saturated rings. The van der Waals surface area contributed by atoms with Crippen molar-refractivity contribution in [2.45, 2.75) is 6.42 Å². The van der Waals surface area contributed by atoms with Crippen molar-refractivity contribution < 1.29 is 14.0 Å². The first kappa shape index (κ1) is 18.8. The number of nitrogens with one attached hydrogen (secondary N) is 2. The number of benzene rings is 2. The van der Waals surface area contributed by atoms with Crippen molar-refractivity contribution in [1.82, 2.24) is 9.88 Å². The highest BCUT2D eigenvalue weighted by molar-refractivity contribution is 6.38. The fourth-order valence-electron chi connectivity index (χ4n) is 3.39. The quantitative estimate of drug-likeness (QED) is 0.645. The number of fused-ring (bicyclic) bond motifs is 1. The summed E-state index contributed by atoms with van der Waals surface area (Å²) in [4.78, 5) is 30.0. The van der Waals surface area contributed by atoms with Gasteiger partial charge in [0, 0.05) is 29.7 Å². The smallest absolute Gasteiger partial charge is 0.271 e. The van der Waals surface area contributed by atoms with Crippen molar-refractivity contribution in [2.24, 2.45) is 5.92 Å². The molecule has 0 saturated carbocycles. The summed E-state index contributed by atoms with van der Waals surface area (Å²) in [5, 5.41) is 3.83. The first-order valence-corrected chi connectivity index (χ1v) is 9.51. The lowest BCUT2D eigenvalue weighted by molar-refractivity contribution is -0.119. The monoisotopic (exact) mass is 419 g/mol. The van der Waals surface area contributed by atoms with Gasteiger partial charge >= 0.3 is 0 Å². The second-order valence-electron chi connectivity index (χ2n) is 6.71. The Balaban J connectivity index is 1.45. The molecule has 3 aromatic rings. The number of carbonyl (C=O) groups excluding carboxylic acids is 2. The Morgan fingerprint density at radius 2 is 1.96 bits per heavy atom. The zero-order valence-electron chi connectivity index (χ0n) is 14.6. The van der Waals surface area contributed by atoms with E-state index in [0.717, 1.165) is 10.9 Å². The summed E-state index contributed by atoms with van der Waals surface area (Å²) < 4.78 is 13.2. The number of carbonyl (C=O) groups is 2. The number of amides is 2. The summed E-state index contributed by atoms with van der Waals surface area (Å²) in [5.41, 5.74) is 1.53.